The highest BCUT2D eigenvalue weighted by Gasteiger charge is 2.55. The van der Waals surface area contributed by atoms with Gasteiger partial charge in [0.2, 0.25) is 11.8 Å². The Morgan fingerprint density at radius 1 is 1.16 bits per heavy atom. The standard InChI is InChI=1S/C13H21FN5O13P3.CH5N/c1-3-28-10-7-9(17-12(15)18-10)19(5-16-7)11-6(14)8(20)13(2,30-11)4-29-34(24,25)32-35(26,27)31-33(21,22)23;1-2/h5-6,8,11,20H,3-4H2,1-2H3,(H,24,25)(H,26,27)(H2,15,17,18)(H2,21,22,23);2H2,1H3/t6-,8+,11-,13-;/m1./s1. The Hall–Kier alpha value is -1.63. The zero-order valence-electron chi connectivity index (χ0n) is 19.4. The van der Waals surface area contributed by atoms with Gasteiger partial charge in [0.05, 0.1) is 19.5 Å². The third-order valence-electron chi connectivity index (χ3n) is 4.48. The molecule has 0 aliphatic carbocycles. The number of anilines is 1. The van der Waals surface area contributed by atoms with Gasteiger partial charge in [-0.3, -0.25) is 9.09 Å². The molecule has 0 saturated carbocycles. The first-order valence-corrected chi connectivity index (χ1v) is 14.5. The smallest absolute Gasteiger partial charge is 0.476 e. The van der Waals surface area contributed by atoms with Crippen LogP contribution in [0.3, 0.4) is 0 Å². The molecule has 0 aromatic carbocycles. The van der Waals surface area contributed by atoms with Crippen LogP contribution in [0.25, 0.3) is 11.2 Å². The van der Waals surface area contributed by atoms with Crippen LogP contribution in [0.15, 0.2) is 6.33 Å². The summed E-state index contributed by atoms with van der Waals surface area (Å²) in [7, 11) is -15.4. The van der Waals surface area contributed by atoms with Gasteiger partial charge in [0.1, 0.15) is 11.7 Å². The predicted octanol–water partition coefficient (Wildman–Crippen LogP) is -0.288. The normalized spacial score (nSPS) is 27.2. The molecule has 1 saturated heterocycles. The van der Waals surface area contributed by atoms with Crippen molar-refractivity contribution in [1.82, 2.24) is 19.5 Å². The zero-order valence-corrected chi connectivity index (χ0v) is 22.1. The zero-order chi connectivity index (χ0) is 28.4. The number of phosphoric acid groups is 3. The van der Waals surface area contributed by atoms with Gasteiger partial charge in [-0.15, -0.1) is 0 Å². The Morgan fingerprint density at radius 3 is 2.35 bits per heavy atom. The van der Waals surface area contributed by atoms with Gasteiger partial charge in [-0.2, -0.15) is 18.6 Å². The fourth-order valence-corrected chi connectivity index (χ4v) is 6.19. The third-order valence-corrected chi connectivity index (χ3v) is 8.26. The first-order valence-electron chi connectivity index (χ1n) is 9.96. The van der Waals surface area contributed by atoms with E-state index in [0.717, 1.165) is 17.8 Å². The molecule has 2 unspecified atom stereocenters. The number of hydrogen-bond donors (Lipinski definition) is 7. The van der Waals surface area contributed by atoms with Crippen LogP contribution in [0.2, 0.25) is 0 Å². The van der Waals surface area contributed by atoms with Gasteiger partial charge in [-0.1, -0.05) is 0 Å². The van der Waals surface area contributed by atoms with Crippen molar-refractivity contribution in [2.45, 2.75) is 38.0 Å². The molecule has 37 heavy (non-hydrogen) atoms. The summed E-state index contributed by atoms with van der Waals surface area (Å²) in [5.41, 5.74) is 8.20. The average Bonchev–Trinajstić information content (AvgIpc) is 3.26. The van der Waals surface area contributed by atoms with E-state index in [1.807, 2.05) is 0 Å². The molecule has 1 aliphatic heterocycles. The maximum atomic E-state index is 15.1. The van der Waals surface area contributed by atoms with Crippen molar-refractivity contribution < 1.29 is 65.4 Å². The number of alkyl halides is 1. The SMILES string of the molecule is CCOc1nc(N)nc2c1ncn2[C@@H]1O[C@](C)(COP(=O)(O)OP(=O)(O)OP(=O)(O)O)[C@@H](O)[C@H]1F.CN. The minimum Gasteiger partial charge on any atom is -0.476 e. The Kier molecular flexibility index (Phi) is 9.93. The molecule has 2 aromatic rings. The van der Waals surface area contributed by atoms with Gasteiger partial charge in [0.15, 0.2) is 23.6 Å². The second-order valence-electron chi connectivity index (χ2n) is 7.22. The highest BCUT2D eigenvalue weighted by molar-refractivity contribution is 7.66. The van der Waals surface area contributed by atoms with Crippen molar-refractivity contribution in [3.05, 3.63) is 6.33 Å². The van der Waals surface area contributed by atoms with Crippen LogP contribution in [0.5, 0.6) is 5.88 Å². The number of aliphatic hydroxyl groups excluding tert-OH is 1. The molecular formula is C14H26FN6O13P3. The molecule has 3 rings (SSSR count). The van der Waals surface area contributed by atoms with E-state index in [1.165, 1.54) is 7.05 Å². The number of nitrogens with zero attached hydrogens (tertiary/aromatic N) is 4. The van der Waals surface area contributed by atoms with E-state index in [9.17, 15) is 28.6 Å². The Morgan fingerprint density at radius 2 is 1.78 bits per heavy atom. The second-order valence-corrected chi connectivity index (χ2v) is 11.6. The van der Waals surface area contributed by atoms with Crippen molar-refractivity contribution in [2.24, 2.45) is 5.73 Å². The summed E-state index contributed by atoms with van der Waals surface area (Å²) in [5.74, 6) is -0.217. The van der Waals surface area contributed by atoms with Gasteiger partial charge < -0.3 is 45.6 Å². The summed E-state index contributed by atoms with van der Waals surface area (Å²) in [6, 6.07) is 0. The van der Waals surface area contributed by atoms with Gasteiger partial charge in [-0.25, -0.2) is 23.1 Å². The lowest BCUT2D eigenvalue weighted by Gasteiger charge is -2.27. The molecule has 2 aromatic heterocycles. The molecule has 6 atom stereocenters. The number of phosphoric ester groups is 1. The van der Waals surface area contributed by atoms with E-state index in [1.54, 1.807) is 6.92 Å². The molecule has 0 bridgehead atoms. The molecular weight excluding hydrogens is 572 g/mol. The van der Waals surface area contributed by atoms with E-state index >= 15 is 4.39 Å². The number of aliphatic hydroxyl groups is 1. The van der Waals surface area contributed by atoms with Gasteiger partial charge in [0, 0.05) is 0 Å². The van der Waals surface area contributed by atoms with Crippen molar-refractivity contribution >= 4 is 40.6 Å². The molecule has 9 N–H and O–H groups in total. The number of rotatable bonds is 10. The lowest BCUT2D eigenvalue weighted by molar-refractivity contribution is -0.113. The van der Waals surface area contributed by atoms with Crippen molar-refractivity contribution in [3.8, 4) is 5.88 Å². The summed E-state index contributed by atoms with van der Waals surface area (Å²) in [5, 5.41) is 10.4. The molecule has 1 aliphatic rings. The topological polar surface area (TPSA) is 294 Å². The average molecular weight is 598 g/mol. The Balaban J connectivity index is 0.00000235. The van der Waals surface area contributed by atoms with E-state index in [0.29, 0.717) is 0 Å². The number of nitrogen functional groups attached to an aromatic ring is 1. The van der Waals surface area contributed by atoms with Gasteiger partial charge >= 0.3 is 23.5 Å². The van der Waals surface area contributed by atoms with Crippen LogP contribution in [-0.2, 0) is 31.6 Å². The maximum absolute atomic E-state index is 15.1. The molecule has 23 heteroatoms. The lowest BCUT2D eigenvalue weighted by atomic mass is 9.99. The third kappa shape index (κ3) is 7.70. The summed E-state index contributed by atoms with van der Waals surface area (Å²) in [6.45, 7) is 1.88. The number of ether oxygens (including phenoxy) is 2. The number of fused-ring (bicyclic) bond motifs is 1. The molecule has 0 amide bonds. The first kappa shape index (κ1) is 31.6. The fraction of sp³-hybridized carbons (Fsp3) is 0.643. The molecule has 19 nitrogen and oxygen atoms in total. The minimum atomic E-state index is -5.77. The van der Waals surface area contributed by atoms with Crippen molar-refractivity contribution in [2.75, 3.05) is 26.0 Å². The minimum absolute atomic E-state index is 0.0122. The summed E-state index contributed by atoms with van der Waals surface area (Å²) in [6.07, 6.45) is -4.65. The van der Waals surface area contributed by atoms with E-state index in [2.05, 4.69) is 33.8 Å². The van der Waals surface area contributed by atoms with Gasteiger partial charge in [0.25, 0.3) is 0 Å². The van der Waals surface area contributed by atoms with Crippen LogP contribution >= 0.6 is 23.5 Å². The van der Waals surface area contributed by atoms with Crippen LogP contribution in [-0.4, -0.2) is 82.3 Å². The monoisotopic (exact) mass is 598 g/mol. The predicted molar refractivity (Wildman–Crippen MR) is 120 cm³/mol. The van der Waals surface area contributed by atoms with Crippen molar-refractivity contribution in [3.63, 3.8) is 0 Å². The Bertz CT molecular complexity index is 1250. The highest BCUT2D eigenvalue weighted by Crippen LogP contribution is 2.66. The summed E-state index contributed by atoms with van der Waals surface area (Å²) in [4.78, 5) is 47.9. The molecule has 212 valence electrons. The molecule has 0 radical (unpaired) electrons. The van der Waals surface area contributed by atoms with Crippen LogP contribution in [0.1, 0.15) is 20.1 Å². The van der Waals surface area contributed by atoms with Crippen LogP contribution in [0.4, 0.5) is 10.3 Å². The summed E-state index contributed by atoms with van der Waals surface area (Å²) < 4.78 is 72.8. The number of halogens is 1. The molecule has 0 spiro atoms. The highest BCUT2D eigenvalue weighted by atomic mass is 31.3. The Labute approximate surface area is 208 Å². The van der Waals surface area contributed by atoms with Crippen LogP contribution in [0, 0.1) is 0 Å². The number of hydrogen-bond acceptors (Lipinski definition) is 14. The molecule has 3 heterocycles. The van der Waals surface area contributed by atoms with E-state index in [-0.39, 0.29) is 29.6 Å². The fourth-order valence-electron chi connectivity index (χ4n) is 3.08. The second kappa shape index (κ2) is 11.6. The number of aromatic nitrogens is 4. The van der Waals surface area contributed by atoms with Crippen LogP contribution < -0.4 is 16.2 Å². The lowest BCUT2D eigenvalue weighted by Crippen LogP contribution is -2.43. The number of imidazole rings is 1. The van der Waals surface area contributed by atoms with E-state index in [4.69, 9.17) is 25.0 Å². The number of nitrogens with two attached hydrogens (primary N) is 2. The first-order chi connectivity index (χ1) is 17.0. The quantitative estimate of drug-likeness (QED) is 0.173. The summed E-state index contributed by atoms with van der Waals surface area (Å²) >= 11 is 0. The molecule has 1 fully saturated rings. The largest absolute Gasteiger partial charge is 0.490 e. The van der Waals surface area contributed by atoms with Gasteiger partial charge in [-0.05, 0) is 20.9 Å². The maximum Gasteiger partial charge on any atom is 0.490 e. The van der Waals surface area contributed by atoms with Crippen molar-refractivity contribution in [1.29, 1.82) is 0 Å². The van der Waals surface area contributed by atoms with E-state index < -0.39 is 54.2 Å².